The third-order valence-corrected chi connectivity index (χ3v) is 6.45. The summed E-state index contributed by atoms with van der Waals surface area (Å²) in [7, 11) is -2.14. The first-order chi connectivity index (χ1) is 13.5. The summed E-state index contributed by atoms with van der Waals surface area (Å²) in [5, 5.41) is 8.93. The molecule has 0 unspecified atom stereocenters. The number of nitriles is 1. The minimum absolute atomic E-state index is 0.155. The monoisotopic (exact) mass is 400 g/mol. The van der Waals surface area contributed by atoms with Crippen molar-refractivity contribution in [3.8, 4) is 17.6 Å². The Balaban J connectivity index is 1.76. The summed E-state index contributed by atoms with van der Waals surface area (Å²) >= 11 is 0. The van der Waals surface area contributed by atoms with Crippen molar-refractivity contribution in [3.05, 3.63) is 53.6 Å². The van der Waals surface area contributed by atoms with Gasteiger partial charge in [0.05, 0.1) is 29.2 Å². The zero-order valence-electron chi connectivity index (χ0n) is 15.4. The van der Waals surface area contributed by atoms with Crippen LogP contribution in [0.25, 0.3) is 0 Å². The lowest BCUT2D eigenvalue weighted by Crippen LogP contribution is -2.35. The topological polar surface area (TPSA) is 96.7 Å². The first-order valence-electron chi connectivity index (χ1n) is 8.86. The second kappa shape index (κ2) is 8.42. The Morgan fingerprint density at radius 1 is 1.04 bits per heavy atom. The molecule has 3 rings (SSSR count). The zero-order valence-corrected chi connectivity index (χ0v) is 16.2. The van der Waals surface area contributed by atoms with E-state index >= 15 is 0 Å². The molecular formula is C20H20N2O5S. The van der Waals surface area contributed by atoms with Gasteiger partial charge in [0, 0.05) is 19.2 Å². The van der Waals surface area contributed by atoms with Gasteiger partial charge in [-0.3, -0.25) is 0 Å². The zero-order chi connectivity index (χ0) is 20.1. The van der Waals surface area contributed by atoms with Crippen LogP contribution in [0.2, 0.25) is 0 Å². The van der Waals surface area contributed by atoms with E-state index in [2.05, 4.69) is 0 Å². The molecule has 0 atom stereocenters. The summed E-state index contributed by atoms with van der Waals surface area (Å²) in [6.07, 6.45) is 2.75. The molecule has 1 heterocycles. The number of rotatable bonds is 5. The van der Waals surface area contributed by atoms with E-state index < -0.39 is 16.0 Å². The van der Waals surface area contributed by atoms with Gasteiger partial charge in [-0.15, -0.1) is 0 Å². The van der Waals surface area contributed by atoms with Crippen LogP contribution >= 0.6 is 0 Å². The van der Waals surface area contributed by atoms with Gasteiger partial charge < -0.3 is 9.47 Å². The molecule has 1 aliphatic heterocycles. The second-order valence-corrected chi connectivity index (χ2v) is 8.29. The highest BCUT2D eigenvalue weighted by molar-refractivity contribution is 7.89. The Hall–Kier alpha value is -2.89. The van der Waals surface area contributed by atoms with E-state index in [1.54, 1.807) is 0 Å². The number of piperidine rings is 1. The van der Waals surface area contributed by atoms with E-state index in [-0.39, 0.29) is 22.0 Å². The number of benzene rings is 2. The molecule has 28 heavy (non-hydrogen) atoms. The number of hydrogen-bond acceptors (Lipinski definition) is 6. The van der Waals surface area contributed by atoms with E-state index in [0.29, 0.717) is 18.7 Å². The van der Waals surface area contributed by atoms with Gasteiger partial charge in [-0.25, -0.2) is 13.2 Å². The predicted octanol–water partition coefficient (Wildman–Crippen LogP) is 2.96. The first kappa shape index (κ1) is 19.9. The molecule has 0 amide bonds. The number of hydrogen-bond donors (Lipinski definition) is 0. The summed E-state index contributed by atoms with van der Waals surface area (Å²) in [5.74, 6) is -0.210. The lowest BCUT2D eigenvalue weighted by Gasteiger charge is -2.25. The average molecular weight is 400 g/mol. The normalized spacial score (nSPS) is 14.9. The van der Waals surface area contributed by atoms with Gasteiger partial charge in [-0.1, -0.05) is 6.42 Å². The molecule has 0 spiro atoms. The maximum atomic E-state index is 12.7. The third-order valence-electron chi connectivity index (χ3n) is 4.54. The van der Waals surface area contributed by atoms with E-state index in [4.69, 9.17) is 14.7 Å². The highest BCUT2D eigenvalue weighted by atomic mass is 32.2. The van der Waals surface area contributed by atoms with Crippen LogP contribution in [0.4, 0.5) is 0 Å². The maximum absolute atomic E-state index is 12.7. The minimum Gasteiger partial charge on any atom is -0.493 e. The van der Waals surface area contributed by atoms with Gasteiger partial charge in [0.2, 0.25) is 10.0 Å². The minimum atomic E-state index is -3.55. The first-order valence-corrected chi connectivity index (χ1v) is 10.3. The van der Waals surface area contributed by atoms with Gasteiger partial charge in [0.25, 0.3) is 0 Å². The second-order valence-electron chi connectivity index (χ2n) is 6.36. The van der Waals surface area contributed by atoms with Crippen molar-refractivity contribution < 1.29 is 22.7 Å². The fraction of sp³-hybridized carbons (Fsp3) is 0.300. The largest absolute Gasteiger partial charge is 0.493 e. The fourth-order valence-corrected chi connectivity index (χ4v) is 4.51. The SMILES string of the molecule is COc1cc(C#N)ccc1OC(=O)c1ccc(S(=O)(=O)N2CCCCC2)cc1. The molecule has 0 radical (unpaired) electrons. The molecule has 1 fully saturated rings. The van der Waals surface area contributed by atoms with Crippen molar-refractivity contribution in [3.63, 3.8) is 0 Å². The van der Waals surface area contributed by atoms with E-state index in [1.165, 1.54) is 53.9 Å². The molecule has 0 aliphatic carbocycles. The molecule has 0 aromatic heterocycles. The molecular weight excluding hydrogens is 380 g/mol. The van der Waals surface area contributed by atoms with Gasteiger partial charge in [-0.2, -0.15) is 9.57 Å². The smallest absolute Gasteiger partial charge is 0.343 e. The maximum Gasteiger partial charge on any atom is 0.343 e. The number of sulfonamides is 1. The van der Waals surface area contributed by atoms with Crippen LogP contribution < -0.4 is 9.47 Å². The summed E-state index contributed by atoms with van der Waals surface area (Å²) < 4.78 is 37.3. The highest BCUT2D eigenvalue weighted by Crippen LogP contribution is 2.29. The van der Waals surface area contributed by atoms with Crippen LogP contribution in [0.5, 0.6) is 11.5 Å². The van der Waals surface area contributed by atoms with Crippen molar-refractivity contribution >= 4 is 16.0 Å². The van der Waals surface area contributed by atoms with Crippen LogP contribution in [-0.2, 0) is 10.0 Å². The summed E-state index contributed by atoms with van der Waals surface area (Å²) in [4.78, 5) is 12.6. The fourth-order valence-electron chi connectivity index (χ4n) is 3.00. The Morgan fingerprint density at radius 3 is 2.32 bits per heavy atom. The molecule has 146 valence electrons. The Kier molecular flexibility index (Phi) is 5.97. The molecule has 0 saturated carbocycles. The van der Waals surface area contributed by atoms with Gasteiger partial charge >= 0.3 is 5.97 Å². The van der Waals surface area contributed by atoms with E-state index in [0.717, 1.165) is 19.3 Å². The number of nitrogens with zero attached hydrogens (tertiary/aromatic N) is 2. The summed E-state index contributed by atoms with van der Waals surface area (Å²) in [5.41, 5.74) is 0.591. The molecule has 2 aromatic carbocycles. The molecule has 0 bridgehead atoms. The number of ether oxygens (including phenoxy) is 2. The number of esters is 1. The van der Waals surface area contributed by atoms with Gasteiger partial charge in [-0.05, 0) is 49.2 Å². The van der Waals surface area contributed by atoms with Gasteiger partial charge in [0.1, 0.15) is 0 Å². The number of methoxy groups -OCH3 is 1. The molecule has 1 aliphatic rings. The Morgan fingerprint density at radius 2 is 1.71 bits per heavy atom. The third kappa shape index (κ3) is 4.16. The molecule has 8 heteroatoms. The van der Waals surface area contributed by atoms with Crippen molar-refractivity contribution in [2.24, 2.45) is 0 Å². The standard InChI is InChI=1S/C20H20N2O5S/c1-26-19-13-15(14-21)5-10-18(19)27-20(23)16-6-8-17(9-7-16)28(24,25)22-11-3-2-4-12-22/h5-10,13H,2-4,11-12H2,1H3. The molecule has 1 saturated heterocycles. The lowest BCUT2D eigenvalue weighted by atomic mass is 10.2. The van der Waals surface area contributed by atoms with Crippen LogP contribution in [0.1, 0.15) is 35.2 Å². The number of carbonyl (C=O) groups excluding carboxylic acids is 1. The molecule has 7 nitrogen and oxygen atoms in total. The molecule has 0 N–H and O–H groups in total. The van der Waals surface area contributed by atoms with Crippen LogP contribution in [0, 0.1) is 11.3 Å². The summed E-state index contributed by atoms with van der Waals surface area (Å²) in [6, 6.07) is 12.1. The van der Waals surface area contributed by atoms with Crippen molar-refractivity contribution in [2.75, 3.05) is 20.2 Å². The quantitative estimate of drug-likeness (QED) is 0.565. The van der Waals surface area contributed by atoms with Crippen molar-refractivity contribution in [1.82, 2.24) is 4.31 Å². The number of carbonyl (C=O) groups is 1. The van der Waals surface area contributed by atoms with Crippen LogP contribution in [0.15, 0.2) is 47.4 Å². The van der Waals surface area contributed by atoms with Crippen molar-refractivity contribution in [2.45, 2.75) is 24.2 Å². The lowest BCUT2D eigenvalue weighted by molar-refractivity contribution is 0.0729. The summed E-state index contributed by atoms with van der Waals surface area (Å²) in [6.45, 7) is 1.04. The van der Waals surface area contributed by atoms with Crippen LogP contribution in [-0.4, -0.2) is 38.9 Å². The Labute approximate surface area is 164 Å². The van der Waals surface area contributed by atoms with Crippen molar-refractivity contribution in [1.29, 1.82) is 5.26 Å². The average Bonchev–Trinajstić information content (AvgIpc) is 2.74. The van der Waals surface area contributed by atoms with E-state index in [9.17, 15) is 13.2 Å². The Bertz CT molecular complexity index is 1000. The van der Waals surface area contributed by atoms with Gasteiger partial charge in [0.15, 0.2) is 11.5 Å². The highest BCUT2D eigenvalue weighted by Gasteiger charge is 2.26. The van der Waals surface area contributed by atoms with E-state index in [1.807, 2.05) is 6.07 Å². The molecule has 2 aromatic rings. The predicted molar refractivity (Wildman–Crippen MR) is 102 cm³/mol. The van der Waals surface area contributed by atoms with Crippen LogP contribution in [0.3, 0.4) is 0 Å².